The van der Waals surface area contributed by atoms with Gasteiger partial charge in [0.25, 0.3) is 0 Å². The lowest BCUT2D eigenvalue weighted by molar-refractivity contribution is 1.29. The van der Waals surface area contributed by atoms with Crippen LogP contribution in [-0.2, 0) is 0 Å². The standard InChI is InChI=1S/C16H10N2/c17-10-16-9-15-8-13(6-7-14(15)11-18-16)12-4-2-1-3-5-12/h1-9,11H. The molecule has 0 amide bonds. The van der Waals surface area contributed by atoms with E-state index in [2.05, 4.69) is 35.3 Å². The maximum absolute atomic E-state index is 8.87. The van der Waals surface area contributed by atoms with E-state index in [0.717, 1.165) is 16.3 Å². The van der Waals surface area contributed by atoms with Crippen LogP contribution < -0.4 is 0 Å². The molecule has 0 N–H and O–H groups in total. The number of aromatic nitrogens is 1. The molecular formula is C16H10N2. The summed E-state index contributed by atoms with van der Waals surface area (Å²) in [6.45, 7) is 0. The zero-order chi connectivity index (χ0) is 12.4. The molecule has 3 rings (SSSR count). The van der Waals surface area contributed by atoms with Gasteiger partial charge in [-0.05, 0) is 28.6 Å². The molecule has 0 aliphatic rings. The Morgan fingerprint density at radius 2 is 1.67 bits per heavy atom. The van der Waals surface area contributed by atoms with Crippen molar-refractivity contribution < 1.29 is 0 Å². The largest absolute Gasteiger partial charge is 0.245 e. The van der Waals surface area contributed by atoms with Crippen LogP contribution in [0.1, 0.15) is 5.69 Å². The normalized spacial score (nSPS) is 10.2. The Morgan fingerprint density at radius 1 is 0.833 bits per heavy atom. The van der Waals surface area contributed by atoms with Gasteiger partial charge in [-0.3, -0.25) is 0 Å². The maximum Gasteiger partial charge on any atom is 0.141 e. The summed E-state index contributed by atoms with van der Waals surface area (Å²) in [6, 6.07) is 20.3. The zero-order valence-corrected chi connectivity index (χ0v) is 9.67. The van der Waals surface area contributed by atoms with Gasteiger partial charge in [-0.25, -0.2) is 4.98 Å². The molecule has 0 spiro atoms. The molecule has 3 aromatic rings. The van der Waals surface area contributed by atoms with Crippen molar-refractivity contribution >= 4 is 10.8 Å². The number of benzene rings is 2. The van der Waals surface area contributed by atoms with Crippen LogP contribution in [0.5, 0.6) is 0 Å². The summed E-state index contributed by atoms with van der Waals surface area (Å²) in [5.74, 6) is 0. The Kier molecular flexibility index (Phi) is 2.51. The first-order valence-electron chi connectivity index (χ1n) is 5.72. The van der Waals surface area contributed by atoms with Gasteiger partial charge in [0, 0.05) is 11.6 Å². The van der Waals surface area contributed by atoms with Gasteiger partial charge in [-0.2, -0.15) is 5.26 Å². The van der Waals surface area contributed by atoms with Gasteiger partial charge >= 0.3 is 0 Å². The molecule has 1 heterocycles. The maximum atomic E-state index is 8.87. The molecular weight excluding hydrogens is 220 g/mol. The average Bonchev–Trinajstić information content (AvgIpc) is 2.47. The Hall–Kier alpha value is -2.66. The Bertz CT molecular complexity index is 740. The number of rotatable bonds is 1. The third-order valence-corrected chi connectivity index (χ3v) is 2.94. The van der Waals surface area contributed by atoms with Gasteiger partial charge in [-0.15, -0.1) is 0 Å². The topological polar surface area (TPSA) is 36.7 Å². The van der Waals surface area contributed by atoms with Crippen LogP contribution in [0.15, 0.2) is 60.8 Å². The van der Waals surface area contributed by atoms with E-state index in [1.807, 2.05) is 30.3 Å². The van der Waals surface area contributed by atoms with Crippen LogP contribution in [-0.4, -0.2) is 4.98 Å². The van der Waals surface area contributed by atoms with E-state index in [1.54, 1.807) is 6.20 Å². The molecule has 2 aromatic carbocycles. The minimum absolute atomic E-state index is 0.452. The molecule has 0 saturated heterocycles. The first-order chi connectivity index (χ1) is 8.86. The summed E-state index contributed by atoms with van der Waals surface area (Å²) < 4.78 is 0. The third-order valence-electron chi connectivity index (χ3n) is 2.94. The average molecular weight is 230 g/mol. The molecule has 2 heteroatoms. The predicted molar refractivity (Wildman–Crippen MR) is 71.9 cm³/mol. The fourth-order valence-corrected chi connectivity index (χ4v) is 2.01. The summed E-state index contributed by atoms with van der Waals surface area (Å²) in [5.41, 5.74) is 2.78. The number of pyridine rings is 1. The molecule has 0 bridgehead atoms. The summed E-state index contributed by atoms with van der Waals surface area (Å²) in [4.78, 5) is 4.07. The lowest BCUT2D eigenvalue weighted by atomic mass is 10.0. The van der Waals surface area contributed by atoms with E-state index in [4.69, 9.17) is 5.26 Å². The minimum atomic E-state index is 0.452. The van der Waals surface area contributed by atoms with Crippen LogP contribution in [0, 0.1) is 11.3 Å². The molecule has 18 heavy (non-hydrogen) atoms. The van der Waals surface area contributed by atoms with Gasteiger partial charge in [-0.1, -0.05) is 42.5 Å². The first kappa shape index (κ1) is 10.5. The second kappa shape index (κ2) is 4.31. The molecule has 1 aromatic heterocycles. The van der Waals surface area contributed by atoms with Crippen molar-refractivity contribution in [2.24, 2.45) is 0 Å². The van der Waals surface area contributed by atoms with E-state index < -0.39 is 0 Å². The number of hydrogen-bond acceptors (Lipinski definition) is 2. The van der Waals surface area contributed by atoms with E-state index in [0.29, 0.717) is 5.69 Å². The molecule has 0 fully saturated rings. The molecule has 2 nitrogen and oxygen atoms in total. The third kappa shape index (κ3) is 1.83. The summed E-state index contributed by atoms with van der Waals surface area (Å²) in [7, 11) is 0. The SMILES string of the molecule is N#Cc1cc2cc(-c3ccccc3)ccc2cn1. The molecule has 84 valence electrons. The van der Waals surface area contributed by atoms with Crippen molar-refractivity contribution in [3.8, 4) is 17.2 Å². The fraction of sp³-hybridized carbons (Fsp3) is 0. The van der Waals surface area contributed by atoms with Crippen LogP contribution in [0.4, 0.5) is 0 Å². The van der Waals surface area contributed by atoms with Gasteiger partial charge in [0.15, 0.2) is 0 Å². The molecule has 0 aliphatic carbocycles. The number of nitrogens with zero attached hydrogens (tertiary/aromatic N) is 2. The second-order valence-electron chi connectivity index (χ2n) is 4.11. The Morgan fingerprint density at radius 3 is 2.44 bits per heavy atom. The van der Waals surface area contributed by atoms with Gasteiger partial charge < -0.3 is 0 Å². The lowest BCUT2D eigenvalue weighted by Crippen LogP contribution is -1.84. The van der Waals surface area contributed by atoms with Crippen LogP contribution in [0.2, 0.25) is 0 Å². The van der Waals surface area contributed by atoms with Crippen molar-refractivity contribution in [2.75, 3.05) is 0 Å². The minimum Gasteiger partial charge on any atom is -0.245 e. The monoisotopic (exact) mass is 230 g/mol. The van der Waals surface area contributed by atoms with Gasteiger partial charge in [0.05, 0.1) is 0 Å². The lowest BCUT2D eigenvalue weighted by Gasteiger charge is -2.04. The van der Waals surface area contributed by atoms with Crippen molar-refractivity contribution in [1.82, 2.24) is 4.98 Å². The smallest absolute Gasteiger partial charge is 0.141 e. The predicted octanol–water partition coefficient (Wildman–Crippen LogP) is 3.77. The van der Waals surface area contributed by atoms with E-state index >= 15 is 0 Å². The van der Waals surface area contributed by atoms with E-state index in [1.165, 1.54) is 5.56 Å². The van der Waals surface area contributed by atoms with Crippen LogP contribution in [0.25, 0.3) is 21.9 Å². The van der Waals surface area contributed by atoms with Crippen molar-refractivity contribution in [2.45, 2.75) is 0 Å². The van der Waals surface area contributed by atoms with Crippen LogP contribution in [0.3, 0.4) is 0 Å². The second-order valence-corrected chi connectivity index (χ2v) is 4.11. The number of fused-ring (bicyclic) bond motifs is 1. The van der Waals surface area contributed by atoms with Gasteiger partial charge in [0.1, 0.15) is 11.8 Å². The quantitative estimate of drug-likeness (QED) is 0.638. The van der Waals surface area contributed by atoms with E-state index in [-0.39, 0.29) is 0 Å². The van der Waals surface area contributed by atoms with Gasteiger partial charge in [0.2, 0.25) is 0 Å². The highest BCUT2D eigenvalue weighted by Gasteiger charge is 2.01. The summed E-state index contributed by atoms with van der Waals surface area (Å²) in [6.07, 6.45) is 1.74. The number of nitriles is 1. The fourth-order valence-electron chi connectivity index (χ4n) is 2.01. The highest BCUT2D eigenvalue weighted by Crippen LogP contribution is 2.24. The molecule has 0 unspecified atom stereocenters. The van der Waals surface area contributed by atoms with Crippen molar-refractivity contribution in [3.63, 3.8) is 0 Å². The summed E-state index contributed by atoms with van der Waals surface area (Å²) in [5, 5.41) is 11.0. The molecule has 0 atom stereocenters. The highest BCUT2D eigenvalue weighted by molar-refractivity contribution is 5.87. The highest BCUT2D eigenvalue weighted by atomic mass is 14.7. The molecule has 0 aliphatic heterocycles. The number of hydrogen-bond donors (Lipinski definition) is 0. The zero-order valence-electron chi connectivity index (χ0n) is 9.67. The molecule has 0 saturated carbocycles. The van der Waals surface area contributed by atoms with Crippen molar-refractivity contribution in [3.05, 3.63) is 66.5 Å². The van der Waals surface area contributed by atoms with Crippen molar-refractivity contribution in [1.29, 1.82) is 5.26 Å². The first-order valence-corrected chi connectivity index (χ1v) is 5.72. The van der Waals surface area contributed by atoms with E-state index in [9.17, 15) is 0 Å². The Labute approximate surface area is 105 Å². The Balaban J connectivity index is 2.19. The van der Waals surface area contributed by atoms with Crippen LogP contribution >= 0.6 is 0 Å². The summed E-state index contributed by atoms with van der Waals surface area (Å²) >= 11 is 0. The molecule has 0 radical (unpaired) electrons.